The van der Waals surface area contributed by atoms with Crippen LogP contribution in [0, 0.1) is 6.92 Å². The lowest BCUT2D eigenvalue weighted by Crippen LogP contribution is -2.35. The van der Waals surface area contributed by atoms with Crippen molar-refractivity contribution in [2.45, 2.75) is 25.9 Å². The highest BCUT2D eigenvalue weighted by Crippen LogP contribution is 2.30. The van der Waals surface area contributed by atoms with E-state index < -0.39 is 0 Å². The Balaban J connectivity index is 1.43. The molecule has 1 amide bonds. The third-order valence-electron chi connectivity index (χ3n) is 4.84. The molecule has 4 rings (SSSR count). The summed E-state index contributed by atoms with van der Waals surface area (Å²) >= 11 is 0. The molecule has 0 radical (unpaired) electrons. The molecule has 7 heteroatoms. The first-order valence-electron chi connectivity index (χ1n) is 9.71. The van der Waals surface area contributed by atoms with Gasteiger partial charge >= 0.3 is 0 Å². The van der Waals surface area contributed by atoms with Gasteiger partial charge in [0.2, 0.25) is 5.82 Å². The van der Waals surface area contributed by atoms with Crippen molar-refractivity contribution in [1.29, 1.82) is 0 Å². The molecule has 1 atom stereocenters. The van der Waals surface area contributed by atoms with Crippen LogP contribution in [0.25, 0.3) is 22.8 Å². The van der Waals surface area contributed by atoms with Crippen LogP contribution in [0.1, 0.15) is 18.4 Å². The molecule has 1 saturated heterocycles. The molecule has 0 unspecified atom stereocenters. The van der Waals surface area contributed by atoms with Gasteiger partial charge in [-0.15, -0.1) is 0 Å². The molecule has 2 aromatic carbocycles. The number of amides is 1. The largest absolute Gasteiger partial charge is 0.483 e. The number of para-hydroxylation sites is 1. The Hall–Kier alpha value is -3.19. The van der Waals surface area contributed by atoms with Crippen LogP contribution in [-0.2, 0) is 9.53 Å². The number of carbonyl (C=O) groups excluding carboxylic acids is 1. The second kappa shape index (κ2) is 8.87. The molecule has 29 heavy (non-hydrogen) atoms. The van der Waals surface area contributed by atoms with Gasteiger partial charge in [-0.1, -0.05) is 41.6 Å². The summed E-state index contributed by atoms with van der Waals surface area (Å²) in [5.74, 6) is 1.18. The van der Waals surface area contributed by atoms with Crippen LogP contribution in [0.5, 0.6) is 5.75 Å². The maximum Gasteiger partial charge on any atom is 0.262 e. The molecule has 1 aliphatic rings. The Bertz CT molecular complexity index is 979. The predicted octanol–water partition coefficient (Wildman–Crippen LogP) is 3.39. The van der Waals surface area contributed by atoms with Crippen molar-refractivity contribution in [2.24, 2.45) is 0 Å². The highest BCUT2D eigenvalue weighted by Gasteiger charge is 2.18. The summed E-state index contributed by atoms with van der Waals surface area (Å²) in [6, 6.07) is 15.1. The quantitative estimate of drug-likeness (QED) is 0.662. The van der Waals surface area contributed by atoms with Crippen molar-refractivity contribution in [3.8, 4) is 28.6 Å². The maximum absolute atomic E-state index is 12.1. The van der Waals surface area contributed by atoms with Gasteiger partial charge in [0.1, 0.15) is 5.75 Å². The van der Waals surface area contributed by atoms with Gasteiger partial charge < -0.3 is 19.3 Å². The number of hydrogen-bond donors (Lipinski definition) is 1. The van der Waals surface area contributed by atoms with Crippen molar-refractivity contribution in [2.75, 3.05) is 19.8 Å². The van der Waals surface area contributed by atoms with Gasteiger partial charge in [-0.25, -0.2) is 0 Å². The Kier molecular flexibility index (Phi) is 5.86. The molecular formula is C22H23N3O4. The average Bonchev–Trinajstić information content (AvgIpc) is 3.43. The minimum atomic E-state index is -0.193. The molecule has 1 aliphatic heterocycles. The van der Waals surface area contributed by atoms with Crippen LogP contribution in [0.2, 0.25) is 0 Å². The van der Waals surface area contributed by atoms with E-state index in [4.69, 9.17) is 14.0 Å². The van der Waals surface area contributed by atoms with Crippen LogP contribution < -0.4 is 10.1 Å². The zero-order valence-electron chi connectivity index (χ0n) is 16.3. The highest BCUT2D eigenvalue weighted by atomic mass is 16.5. The molecular weight excluding hydrogens is 370 g/mol. The molecule has 0 saturated carbocycles. The van der Waals surface area contributed by atoms with E-state index in [-0.39, 0.29) is 18.6 Å². The van der Waals surface area contributed by atoms with Gasteiger partial charge in [-0.3, -0.25) is 4.79 Å². The molecule has 1 aromatic heterocycles. The van der Waals surface area contributed by atoms with Gasteiger partial charge in [-0.2, -0.15) is 4.98 Å². The van der Waals surface area contributed by atoms with Gasteiger partial charge in [0.25, 0.3) is 11.8 Å². The minimum Gasteiger partial charge on any atom is -0.483 e. The van der Waals surface area contributed by atoms with E-state index in [1.807, 2.05) is 49.4 Å². The summed E-state index contributed by atoms with van der Waals surface area (Å²) in [5, 5.41) is 6.94. The Morgan fingerprint density at radius 1 is 1.17 bits per heavy atom. The first kappa shape index (κ1) is 19.1. The van der Waals surface area contributed by atoms with Gasteiger partial charge in [0.15, 0.2) is 6.61 Å². The van der Waals surface area contributed by atoms with E-state index in [0.717, 1.165) is 30.6 Å². The molecule has 150 valence electrons. The van der Waals surface area contributed by atoms with Gasteiger partial charge in [0, 0.05) is 18.7 Å². The smallest absolute Gasteiger partial charge is 0.262 e. The third-order valence-corrected chi connectivity index (χ3v) is 4.84. The Morgan fingerprint density at radius 3 is 2.76 bits per heavy atom. The van der Waals surface area contributed by atoms with E-state index >= 15 is 0 Å². The van der Waals surface area contributed by atoms with Crippen molar-refractivity contribution in [3.05, 3.63) is 54.1 Å². The molecule has 0 spiro atoms. The number of nitrogens with one attached hydrogen (secondary N) is 1. The molecule has 0 aliphatic carbocycles. The summed E-state index contributed by atoms with van der Waals surface area (Å²) in [7, 11) is 0. The van der Waals surface area contributed by atoms with E-state index in [1.54, 1.807) is 6.07 Å². The third kappa shape index (κ3) is 4.63. The minimum absolute atomic E-state index is 0.0947. The number of rotatable bonds is 7. The molecule has 1 fully saturated rings. The molecule has 2 heterocycles. The fourth-order valence-corrected chi connectivity index (χ4v) is 3.26. The normalized spacial score (nSPS) is 16.0. The van der Waals surface area contributed by atoms with E-state index in [9.17, 15) is 4.79 Å². The van der Waals surface area contributed by atoms with Gasteiger partial charge in [0.05, 0.1) is 11.7 Å². The number of hydrogen-bond acceptors (Lipinski definition) is 6. The number of ether oxygens (including phenoxy) is 2. The van der Waals surface area contributed by atoms with E-state index in [0.29, 0.717) is 29.6 Å². The van der Waals surface area contributed by atoms with Crippen molar-refractivity contribution in [3.63, 3.8) is 0 Å². The Labute approximate surface area is 169 Å². The molecule has 1 N–H and O–H groups in total. The summed E-state index contributed by atoms with van der Waals surface area (Å²) in [4.78, 5) is 16.6. The monoisotopic (exact) mass is 393 g/mol. The van der Waals surface area contributed by atoms with Gasteiger partial charge in [-0.05, 0) is 37.5 Å². The predicted molar refractivity (Wildman–Crippen MR) is 107 cm³/mol. The second-order valence-corrected chi connectivity index (χ2v) is 6.96. The van der Waals surface area contributed by atoms with Crippen molar-refractivity contribution < 1.29 is 18.8 Å². The molecule has 3 aromatic rings. The fraction of sp³-hybridized carbons (Fsp3) is 0.318. The van der Waals surface area contributed by atoms with Crippen molar-refractivity contribution >= 4 is 5.91 Å². The zero-order valence-corrected chi connectivity index (χ0v) is 16.3. The number of aromatic nitrogens is 2. The summed E-state index contributed by atoms with van der Waals surface area (Å²) in [6.07, 6.45) is 2.12. The Morgan fingerprint density at radius 2 is 1.97 bits per heavy atom. The van der Waals surface area contributed by atoms with E-state index in [1.165, 1.54) is 0 Å². The zero-order chi connectivity index (χ0) is 20.1. The van der Waals surface area contributed by atoms with Crippen molar-refractivity contribution in [1.82, 2.24) is 15.5 Å². The topological polar surface area (TPSA) is 86.5 Å². The van der Waals surface area contributed by atoms with Crippen LogP contribution in [0.4, 0.5) is 0 Å². The lowest BCUT2D eigenvalue weighted by molar-refractivity contribution is -0.123. The van der Waals surface area contributed by atoms with Crippen LogP contribution in [0.15, 0.2) is 53.1 Å². The average molecular weight is 393 g/mol. The van der Waals surface area contributed by atoms with Crippen LogP contribution >= 0.6 is 0 Å². The lowest BCUT2D eigenvalue weighted by Gasteiger charge is -2.12. The van der Waals surface area contributed by atoms with E-state index in [2.05, 4.69) is 15.5 Å². The van der Waals surface area contributed by atoms with Crippen LogP contribution in [0.3, 0.4) is 0 Å². The standard InChI is InChI=1S/C22H23N3O4/c1-15-7-2-3-9-17(15)21-24-22(29-25-21)18-10-4-5-11-19(18)28-14-20(26)23-13-16-8-6-12-27-16/h2-5,7,9-11,16H,6,8,12-14H2,1H3,(H,23,26)/t16-/m0/s1. The number of nitrogens with zero attached hydrogens (tertiary/aromatic N) is 2. The lowest BCUT2D eigenvalue weighted by atomic mass is 10.1. The number of aryl methyl sites for hydroxylation is 1. The summed E-state index contributed by atoms with van der Waals surface area (Å²) in [6.45, 7) is 3.17. The number of carbonyl (C=O) groups is 1. The first-order chi connectivity index (χ1) is 14.2. The van der Waals surface area contributed by atoms with Crippen LogP contribution in [-0.4, -0.2) is 41.9 Å². The first-order valence-corrected chi connectivity index (χ1v) is 9.71. The highest BCUT2D eigenvalue weighted by molar-refractivity contribution is 5.78. The summed E-state index contributed by atoms with van der Waals surface area (Å²) in [5.41, 5.74) is 2.62. The fourth-order valence-electron chi connectivity index (χ4n) is 3.26. The molecule has 7 nitrogen and oxygen atoms in total. The number of benzene rings is 2. The summed E-state index contributed by atoms with van der Waals surface area (Å²) < 4.78 is 16.7. The maximum atomic E-state index is 12.1. The molecule has 0 bridgehead atoms. The second-order valence-electron chi connectivity index (χ2n) is 6.96. The SMILES string of the molecule is Cc1ccccc1-c1noc(-c2ccccc2OCC(=O)NC[C@@H]2CCCO2)n1.